The predicted octanol–water partition coefficient (Wildman–Crippen LogP) is 4.43. The molecule has 0 bridgehead atoms. The van der Waals surface area contributed by atoms with E-state index >= 15 is 0 Å². The number of carbonyl (C=O) groups is 2. The van der Waals surface area contributed by atoms with Crippen molar-refractivity contribution in [1.29, 1.82) is 0 Å². The van der Waals surface area contributed by atoms with Crippen LogP contribution in [-0.2, 0) is 19.7 Å². The van der Waals surface area contributed by atoms with Crippen molar-refractivity contribution in [2.24, 2.45) is 5.41 Å². The number of non-ortho nitro benzene ring substituents is 1. The van der Waals surface area contributed by atoms with Crippen molar-refractivity contribution in [3.8, 4) is 0 Å². The molecule has 1 aromatic carbocycles. The number of nitro groups is 1. The van der Waals surface area contributed by atoms with Gasteiger partial charge in [-0.2, -0.15) is 13.2 Å². The number of nitrogens with zero attached hydrogens (tertiary/aromatic N) is 1. The summed E-state index contributed by atoms with van der Waals surface area (Å²) in [4.78, 5) is 35.2. The molecule has 3 rings (SSSR count). The highest BCUT2D eigenvalue weighted by Crippen LogP contribution is 2.54. The molecule has 0 amide bonds. The molecule has 10 heteroatoms. The molecule has 1 aliphatic heterocycles. The molecule has 0 spiro atoms. The molecule has 0 saturated carbocycles. The van der Waals surface area contributed by atoms with Gasteiger partial charge in [-0.3, -0.25) is 14.9 Å². The van der Waals surface area contributed by atoms with Gasteiger partial charge >= 0.3 is 12.1 Å². The largest absolute Gasteiger partial charge is 0.478 e. The van der Waals surface area contributed by atoms with Crippen LogP contribution in [0.2, 0.25) is 0 Å². The summed E-state index contributed by atoms with van der Waals surface area (Å²) in [6, 6.07) is 4.44. The SMILES string of the molecule is CC1(C)CC(=O)C2=C(C1)OC(C(F)(F)F)=C(C(=O)O)C2(C)c1ccc([N+](=O)[O-])cc1. The highest BCUT2D eigenvalue weighted by atomic mass is 19.4. The van der Waals surface area contributed by atoms with Crippen LogP contribution >= 0.6 is 0 Å². The zero-order valence-corrected chi connectivity index (χ0v) is 16.3. The summed E-state index contributed by atoms with van der Waals surface area (Å²) in [6.45, 7) is 4.60. The summed E-state index contributed by atoms with van der Waals surface area (Å²) in [5.74, 6) is -4.34. The zero-order chi connectivity index (χ0) is 22.6. The third kappa shape index (κ3) is 3.35. The third-order valence-electron chi connectivity index (χ3n) is 5.42. The van der Waals surface area contributed by atoms with Gasteiger partial charge < -0.3 is 9.84 Å². The van der Waals surface area contributed by atoms with Gasteiger partial charge in [-0.1, -0.05) is 26.0 Å². The minimum atomic E-state index is -5.13. The number of ether oxygens (including phenoxy) is 1. The number of Topliss-reactive ketones (excluding diaryl/α,β-unsaturated/α-hetero) is 1. The molecule has 1 N–H and O–H groups in total. The normalized spacial score (nSPS) is 23.7. The van der Waals surface area contributed by atoms with Crippen LogP contribution in [0.5, 0.6) is 0 Å². The minimum Gasteiger partial charge on any atom is -0.478 e. The number of benzene rings is 1. The number of allylic oxidation sites excluding steroid dienone is 3. The first-order chi connectivity index (χ1) is 13.7. The van der Waals surface area contributed by atoms with E-state index in [9.17, 15) is 38.0 Å². The summed E-state index contributed by atoms with van der Waals surface area (Å²) >= 11 is 0. The average Bonchev–Trinajstić information content (AvgIpc) is 2.58. The summed E-state index contributed by atoms with van der Waals surface area (Å²) in [7, 11) is 0. The van der Waals surface area contributed by atoms with Crippen LogP contribution in [0.1, 0.15) is 39.2 Å². The fraction of sp³-hybridized carbons (Fsp3) is 0.400. The van der Waals surface area contributed by atoms with E-state index in [1.807, 2.05) is 0 Å². The second-order valence-electron chi connectivity index (χ2n) is 8.28. The molecule has 0 saturated heterocycles. The van der Waals surface area contributed by atoms with E-state index in [1.54, 1.807) is 13.8 Å². The molecule has 160 valence electrons. The topological polar surface area (TPSA) is 107 Å². The molecule has 0 fully saturated rings. The first kappa shape index (κ1) is 21.5. The first-order valence-corrected chi connectivity index (χ1v) is 8.93. The standard InChI is InChI=1S/C20H18F3NO6/c1-18(2)8-12(25)14-13(9-18)30-16(20(21,22)23)15(17(26)27)19(14,3)10-4-6-11(7-5-10)24(28)29/h4-7H,8-9H2,1-3H3,(H,26,27). The van der Waals surface area contributed by atoms with Crippen molar-refractivity contribution >= 4 is 17.4 Å². The Kier molecular flexibility index (Phi) is 4.79. The highest BCUT2D eigenvalue weighted by molar-refractivity contribution is 6.05. The number of carboxylic acid groups (broad SMARTS) is 1. The van der Waals surface area contributed by atoms with Crippen molar-refractivity contribution in [3.63, 3.8) is 0 Å². The lowest BCUT2D eigenvalue weighted by Crippen LogP contribution is -2.45. The Labute approximate surface area is 169 Å². The number of hydrogen-bond acceptors (Lipinski definition) is 5. The van der Waals surface area contributed by atoms with Crippen molar-refractivity contribution in [2.45, 2.75) is 45.2 Å². The molecule has 1 heterocycles. The Morgan fingerprint density at radius 3 is 2.20 bits per heavy atom. The molecule has 2 aliphatic rings. The number of hydrogen-bond donors (Lipinski definition) is 1. The number of rotatable bonds is 3. The van der Waals surface area contributed by atoms with E-state index in [0.717, 1.165) is 24.3 Å². The van der Waals surface area contributed by atoms with Crippen molar-refractivity contribution in [3.05, 3.63) is 62.6 Å². The molecular weight excluding hydrogens is 407 g/mol. The quantitative estimate of drug-likeness (QED) is 0.567. The number of carboxylic acids is 1. The Morgan fingerprint density at radius 1 is 1.17 bits per heavy atom. The van der Waals surface area contributed by atoms with Crippen LogP contribution < -0.4 is 0 Å². The Balaban J connectivity index is 2.36. The van der Waals surface area contributed by atoms with Crippen LogP contribution in [-0.4, -0.2) is 28.0 Å². The monoisotopic (exact) mass is 425 g/mol. The molecule has 1 aromatic rings. The number of nitro benzene ring substituents is 1. The first-order valence-electron chi connectivity index (χ1n) is 8.93. The fourth-order valence-electron chi connectivity index (χ4n) is 4.15. The molecular formula is C20H18F3NO6. The molecule has 0 aromatic heterocycles. The lowest BCUT2D eigenvalue weighted by molar-refractivity contribution is -0.384. The third-order valence-corrected chi connectivity index (χ3v) is 5.42. The van der Waals surface area contributed by atoms with Crippen LogP contribution in [0.4, 0.5) is 18.9 Å². The van der Waals surface area contributed by atoms with Crippen molar-refractivity contribution in [1.82, 2.24) is 0 Å². The Morgan fingerprint density at radius 2 is 1.73 bits per heavy atom. The maximum atomic E-state index is 13.8. The van der Waals surface area contributed by atoms with Gasteiger partial charge in [0.15, 0.2) is 5.78 Å². The number of carbonyl (C=O) groups excluding carboxylic acids is 1. The van der Waals surface area contributed by atoms with Crippen LogP contribution in [0.3, 0.4) is 0 Å². The van der Waals surface area contributed by atoms with E-state index in [2.05, 4.69) is 0 Å². The number of alkyl halides is 3. The molecule has 1 aliphatic carbocycles. The van der Waals surface area contributed by atoms with Gasteiger partial charge in [0.1, 0.15) is 5.76 Å². The number of ketones is 1. The lowest BCUT2D eigenvalue weighted by atomic mass is 9.62. The van der Waals surface area contributed by atoms with E-state index in [0.29, 0.717) is 0 Å². The van der Waals surface area contributed by atoms with Gasteiger partial charge in [0.05, 0.1) is 15.9 Å². The van der Waals surface area contributed by atoms with Crippen molar-refractivity contribution in [2.75, 3.05) is 0 Å². The molecule has 30 heavy (non-hydrogen) atoms. The molecule has 1 atom stereocenters. The van der Waals surface area contributed by atoms with E-state index in [1.165, 1.54) is 6.92 Å². The van der Waals surface area contributed by atoms with Gasteiger partial charge in [-0.25, -0.2) is 4.79 Å². The zero-order valence-electron chi connectivity index (χ0n) is 16.3. The lowest BCUT2D eigenvalue weighted by Gasteiger charge is -2.44. The van der Waals surface area contributed by atoms with Crippen LogP contribution in [0, 0.1) is 15.5 Å². The maximum Gasteiger partial charge on any atom is 0.450 e. The number of halogens is 3. The van der Waals surface area contributed by atoms with E-state index in [-0.39, 0.29) is 35.4 Å². The van der Waals surface area contributed by atoms with Gasteiger partial charge in [0.25, 0.3) is 5.69 Å². The highest BCUT2D eigenvalue weighted by Gasteiger charge is 2.56. The minimum absolute atomic E-state index is 0.00310. The Hall–Kier alpha value is -3.17. The van der Waals surface area contributed by atoms with Crippen LogP contribution in [0.25, 0.3) is 0 Å². The van der Waals surface area contributed by atoms with Crippen LogP contribution in [0.15, 0.2) is 46.9 Å². The molecule has 7 nitrogen and oxygen atoms in total. The van der Waals surface area contributed by atoms with Gasteiger partial charge in [-0.15, -0.1) is 0 Å². The number of aliphatic carboxylic acids is 1. The predicted molar refractivity (Wildman–Crippen MR) is 97.3 cm³/mol. The fourth-order valence-corrected chi connectivity index (χ4v) is 4.15. The second-order valence-corrected chi connectivity index (χ2v) is 8.28. The summed E-state index contributed by atoms with van der Waals surface area (Å²) in [6.07, 6.45) is -5.13. The maximum absolute atomic E-state index is 13.8. The van der Waals surface area contributed by atoms with E-state index < -0.39 is 45.0 Å². The molecule has 1 unspecified atom stereocenters. The van der Waals surface area contributed by atoms with Crippen molar-refractivity contribution < 1.29 is 37.5 Å². The Bertz CT molecular complexity index is 1020. The van der Waals surface area contributed by atoms with Gasteiger partial charge in [-0.05, 0) is 17.9 Å². The van der Waals surface area contributed by atoms with E-state index in [4.69, 9.17) is 4.74 Å². The van der Waals surface area contributed by atoms with Gasteiger partial charge in [0, 0.05) is 30.5 Å². The van der Waals surface area contributed by atoms with Gasteiger partial charge in [0.2, 0.25) is 5.76 Å². The smallest absolute Gasteiger partial charge is 0.450 e. The summed E-state index contributed by atoms with van der Waals surface area (Å²) in [5, 5.41) is 20.7. The summed E-state index contributed by atoms with van der Waals surface area (Å²) in [5.41, 5.74) is -4.29. The second kappa shape index (κ2) is 6.68. The summed E-state index contributed by atoms with van der Waals surface area (Å²) < 4.78 is 46.4. The molecule has 0 radical (unpaired) electrons. The average molecular weight is 425 g/mol.